The summed E-state index contributed by atoms with van der Waals surface area (Å²) in [4.78, 5) is 45.1. The number of carboxylic acid groups (broad SMARTS) is 1. The lowest BCUT2D eigenvalue weighted by atomic mass is 10.0. The molecule has 2 atom stereocenters. The maximum absolute atomic E-state index is 12.8. The number of benzene rings is 1. The van der Waals surface area contributed by atoms with Crippen molar-refractivity contribution in [3.05, 3.63) is 52.1 Å². The zero-order chi connectivity index (χ0) is 24.8. The molecule has 1 aliphatic heterocycles. The minimum Gasteiger partial charge on any atom is -0.496 e. The SMILES string of the molecule is CCc1[nH]c(C(=O)N[C@H]2CCN(C(=O)/C=C/c3ccc(C(=O)O)cc3OC)C[C@H]2OC)nc1Cl. The molecule has 3 rings (SSSR count). The molecule has 0 aliphatic carbocycles. The van der Waals surface area contributed by atoms with Crippen LogP contribution in [0.25, 0.3) is 6.08 Å². The summed E-state index contributed by atoms with van der Waals surface area (Å²) in [5, 5.41) is 12.3. The van der Waals surface area contributed by atoms with Crippen LogP contribution in [0.4, 0.5) is 0 Å². The summed E-state index contributed by atoms with van der Waals surface area (Å²) in [6, 6.07) is 4.12. The van der Waals surface area contributed by atoms with E-state index in [1.807, 2.05) is 6.92 Å². The molecule has 11 heteroatoms. The van der Waals surface area contributed by atoms with Crippen LogP contribution in [0.2, 0.25) is 5.15 Å². The van der Waals surface area contributed by atoms with E-state index in [1.54, 1.807) is 17.0 Å². The number of nitrogens with zero attached hydrogens (tertiary/aromatic N) is 2. The molecule has 0 saturated carbocycles. The number of rotatable bonds is 8. The van der Waals surface area contributed by atoms with Crippen LogP contribution in [0, 0.1) is 0 Å². The first kappa shape index (κ1) is 25.3. The number of aryl methyl sites for hydroxylation is 1. The molecule has 0 radical (unpaired) electrons. The predicted octanol–water partition coefficient (Wildman–Crippen LogP) is 2.39. The van der Waals surface area contributed by atoms with E-state index in [1.165, 1.54) is 32.4 Å². The number of ether oxygens (including phenoxy) is 2. The first-order valence-corrected chi connectivity index (χ1v) is 11.1. The maximum atomic E-state index is 12.8. The Kier molecular flexibility index (Phi) is 8.30. The number of amides is 2. The second-order valence-corrected chi connectivity index (χ2v) is 8.09. The molecule has 2 amide bonds. The number of carbonyl (C=O) groups excluding carboxylic acids is 2. The Morgan fingerprint density at radius 3 is 2.74 bits per heavy atom. The fraction of sp³-hybridized carbons (Fsp3) is 0.391. The number of piperidine rings is 1. The van der Waals surface area contributed by atoms with Crippen molar-refractivity contribution in [3.63, 3.8) is 0 Å². The van der Waals surface area contributed by atoms with Gasteiger partial charge in [0.1, 0.15) is 5.75 Å². The van der Waals surface area contributed by atoms with Crippen molar-refractivity contribution in [3.8, 4) is 5.75 Å². The van der Waals surface area contributed by atoms with Crippen LogP contribution in [0.1, 0.15) is 45.6 Å². The molecule has 182 valence electrons. The molecule has 0 spiro atoms. The number of imidazole rings is 1. The van der Waals surface area contributed by atoms with Gasteiger partial charge in [-0.2, -0.15) is 0 Å². The van der Waals surface area contributed by atoms with Gasteiger partial charge in [0.15, 0.2) is 11.0 Å². The monoisotopic (exact) mass is 490 g/mol. The summed E-state index contributed by atoms with van der Waals surface area (Å²) < 4.78 is 10.8. The van der Waals surface area contributed by atoms with Crippen LogP contribution in [-0.2, 0) is 16.0 Å². The van der Waals surface area contributed by atoms with Gasteiger partial charge >= 0.3 is 5.97 Å². The Morgan fingerprint density at radius 1 is 1.35 bits per heavy atom. The minimum atomic E-state index is -1.06. The van der Waals surface area contributed by atoms with E-state index in [0.29, 0.717) is 42.9 Å². The number of H-pyrrole nitrogens is 1. The van der Waals surface area contributed by atoms with Crippen LogP contribution in [0.15, 0.2) is 24.3 Å². The van der Waals surface area contributed by atoms with Crippen LogP contribution in [0.5, 0.6) is 5.75 Å². The molecule has 3 N–H and O–H groups in total. The zero-order valence-electron chi connectivity index (χ0n) is 19.1. The summed E-state index contributed by atoms with van der Waals surface area (Å²) >= 11 is 6.02. The highest BCUT2D eigenvalue weighted by Gasteiger charge is 2.32. The third kappa shape index (κ3) is 5.75. The molecular formula is C23H27ClN4O6. The van der Waals surface area contributed by atoms with E-state index >= 15 is 0 Å². The van der Waals surface area contributed by atoms with Gasteiger partial charge in [-0.1, -0.05) is 24.6 Å². The molecule has 1 fully saturated rings. The molecular weight excluding hydrogens is 464 g/mol. The van der Waals surface area contributed by atoms with Gasteiger partial charge in [0.25, 0.3) is 5.91 Å². The van der Waals surface area contributed by atoms with Gasteiger partial charge in [-0.3, -0.25) is 9.59 Å². The van der Waals surface area contributed by atoms with Gasteiger partial charge in [-0.05, 0) is 31.1 Å². The second-order valence-electron chi connectivity index (χ2n) is 7.73. The fourth-order valence-corrected chi connectivity index (χ4v) is 4.00. The summed E-state index contributed by atoms with van der Waals surface area (Å²) in [6.45, 7) is 2.62. The zero-order valence-corrected chi connectivity index (χ0v) is 19.9. The summed E-state index contributed by atoms with van der Waals surface area (Å²) in [5.74, 6) is -1.19. The van der Waals surface area contributed by atoms with Crippen LogP contribution < -0.4 is 10.1 Å². The Balaban J connectivity index is 1.63. The highest BCUT2D eigenvalue weighted by molar-refractivity contribution is 6.30. The summed E-state index contributed by atoms with van der Waals surface area (Å²) in [7, 11) is 2.96. The number of aromatic amines is 1. The molecule has 1 aliphatic rings. The molecule has 1 aromatic heterocycles. The first-order valence-electron chi connectivity index (χ1n) is 10.7. The molecule has 1 saturated heterocycles. The van der Waals surface area contributed by atoms with E-state index in [9.17, 15) is 14.4 Å². The van der Waals surface area contributed by atoms with Gasteiger partial charge in [-0.15, -0.1) is 0 Å². The van der Waals surface area contributed by atoms with Crippen LogP contribution in [-0.4, -0.2) is 77.2 Å². The van der Waals surface area contributed by atoms with E-state index < -0.39 is 12.1 Å². The third-order valence-corrected chi connectivity index (χ3v) is 5.99. The number of carboxylic acids is 1. The molecule has 34 heavy (non-hydrogen) atoms. The largest absolute Gasteiger partial charge is 0.496 e. The number of methoxy groups -OCH3 is 2. The highest BCUT2D eigenvalue weighted by atomic mass is 35.5. The molecule has 0 unspecified atom stereocenters. The summed E-state index contributed by atoms with van der Waals surface area (Å²) in [5.41, 5.74) is 1.36. The summed E-state index contributed by atoms with van der Waals surface area (Å²) in [6.07, 6.45) is 3.70. The van der Waals surface area contributed by atoms with Crippen LogP contribution in [0.3, 0.4) is 0 Å². The topological polar surface area (TPSA) is 134 Å². The quantitative estimate of drug-likeness (QED) is 0.484. The van der Waals surface area contributed by atoms with Crippen molar-refractivity contribution in [2.75, 3.05) is 27.3 Å². The van der Waals surface area contributed by atoms with Crippen molar-refractivity contribution < 1.29 is 29.0 Å². The maximum Gasteiger partial charge on any atom is 0.335 e. The van der Waals surface area contributed by atoms with Crippen molar-refractivity contribution in [2.24, 2.45) is 0 Å². The Hall–Kier alpha value is -3.37. The first-order chi connectivity index (χ1) is 16.3. The van der Waals surface area contributed by atoms with Crippen LogP contribution >= 0.6 is 11.6 Å². The average Bonchev–Trinajstić information content (AvgIpc) is 3.23. The average molecular weight is 491 g/mol. The molecule has 2 aromatic rings. The van der Waals surface area contributed by atoms with Gasteiger partial charge in [0, 0.05) is 31.8 Å². The number of carbonyl (C=O) groups is 3. The van der Waals surface area contributed by atoms with E-state index in [4.69, 9.17) is 26.2 Å². The molecule has 1 aromatic carbocycles. The number of hydrogen-bond donors (Lipinski definition) is 3. The highest BCUT2D eigenvalue weighted by Crippen LogP contribution is 2.22. The van der Waals surface area contributed by atoms with E-state index in [-0.39, 0.29) is 34.4 Å². The van der Waals surface area contributed by atoms with Crippen molar-refractivity contribution in [1.29, 1.82) is 0 Å². The Morgan fingerprint density at radius 2 is 2.12 bits per heavy atom. The minimum absolute atomic E-state index is 0.0927. The Bertz CT molecular complexity index is 1100. The molecule has 10 nitrogen and oxygen atoms in total. The van der Waals surface area contributed by atoms with E-state index in [2.05, 4.69) is 15.3 Å². The number of aromatic nitrogens is 2. The smallest absolute Gasteiger partial charge is 0.335 e. The standard InChI is InChI=1S/C23H27ClN4O6/c1-4-15-20(24)27-21(25-15)22(30)26-16-9-10-28(12-18(16)34-3)19(29)8-7-13-5-6-14(23(31)32)11-17(13)33-2/h5-8,11,16,18H,4,9-10,12H2,1-3H3,(H,25,27)(H,26,30)(H,31,32)/b8-7+/t16-,18+/m0/s1. The number of halogens is 1. The third-order valence-electron chi connectivity index (χ3n) is 5.67. The lowest BCUT2D eigenvalue weighted by Crippen LogP contribution is -2.55. The number of likely N-dealkylation sites (tertiary alicyclic amines) is 1. The lowest BCUT2D eigenvalue weighted by Gasteiger charge is -2.37. The van der Waals surface area contributed by atoms with Crippen molar-refractivity contribution in [1.82, 2.24) is 20.2 Å². The van der Waals surface area contributed by atoms with Gasteiger partial charge in [-0.25, -0.2) is 9.78 Å². The van der Waals surface area contributed by atoms with Gasteiger partial charge in [0.2, 0.25) is 5.91 Å². The normalized spacial score (nSPS) is 18.2. The predicted molar refractivity (Wildman–Crippen MR) is 125 cm³/mol. The van der Waals surface area contributed by atoms with Gasteiger partial charge < -0.3 is 29.8 Å². The van der Waals surface area contributed by atoms with Crippen molar-refractivity contribution >= 4 is 35.5 Å². The molecule has 0 bridgehead atoms. The fourth-order valence-electron chi connectivity index (χ4n) is 3.74. The van der Waals surface area contributed by atoms with Crippen molar-refractivity contribution in [2.45, 2.75) is 31.9 Å². The lowest BCUT2D eigenvalue weighted by molar-refractivity contribution is -0.130. The molecule has 2 heterocycles. The van der Waals surface area contributed by atoms with Gasteiger partial charge in [0.05, 0.1) is 30.5 Å². The number of aromatic carboxylic acids is 1. The Labute approximate surface area is 201 Å². The number of hydrogen-bond acceptors (Lipinski definition) is 6. The van der Waals surface area contributed by atoms with E-state index in [0.717, 1.165) is 0 Å². The second kappa shape index (κ2) is 11.2. The number of nitrogens with one attached hydrogen (secondary N) is 2.